The van der Waals surface area contributed by atoms with E-state index in [0.717, 1.165) is 0 Å². The van der Waals surface area contributed by atoms with Crippen molar-refractivity contribution in [1.82, 2.24) is 30.5 Å². The van der Waals surface area contributed by atoms with E-state index in [1.165, 1.54) is 22.6 Å². The van der Waals surface area contributed by atoms with Gasteiger partial charge in [0.05, 0.1) is 0 Å². The number of tetrazole rings is 1. The van der Waals surface area contributed by atoms with Gasteiger partial charge in [-0.05, 0) is 16.5 Å². The van der Waals surface area contributed by atoms with E-state index in [1.54, 1.807) is 19.2 Å². The highest BCUT2D eigenvalue weighted by Crippen LogP contribution is 2.20. The minimum Gasteiger partial charge on any atom is -0.468 e. The van der Waals surface area contributed by atoms with Gasteiger partial charge in [-0.2, -0.15) is 13.2 Å². The number of halogens is 3. The molecule has 0 fully saturated rings. The molecule has 2 rings (SSSR count). The zero-order valence-electron chi connectivity index (χ0n) is 13.2. The van der Waals surface area contributed by atoms with E-state index in [9.17, 15) is 18.0 Å². The third-order valence-electron chi connectivity index (χ3n) is 2.84. The number of carbonyl (C=O) groups is 1. The zero-order valence-corrected chi connectivity index (χ0v) is 14.0. The van der Waals surface area contributed by atoms with Gasteiger partial charge in [0, 0.05) is 37.5 Å². The van der Waals surface area contributed by atoms with Crippen LogP contribution in [0.4, 0.5) is 13.2 Å². The molecular weight excluding hydrogens is 361 g/mol. The van der Waals surface area contributed by atoms with Crippen LogP contribution in [-0.2, 0) is 18.4 Å². The van der Waals surface area contributed by atoms with Crippen LogP contribution in [0.5, 0.6) is 5.88 Å². The van der Waals surface area contributed by atoms with Gasteiger partial charge < -0.3 is 10.1 Å². The monoisotopic (exact) mass is 376 g/mol. The van der Waals surface area contributed by atoms with Crippen molar-refractivity contribution in [3.05, 3.63) is 23.9 Å². The highest BCUT2D eigenvalue weighted by molar-refractivity contribution is 7.99. The minimum atomic E-state index is -4.45. The molecule has 0 radical (unpaired) electrons. The first kappa shape index (κ1) is 19.0. The van der Waals surface area contributed by atoms with Gasteiger partial charge in [-0.3, -0.25) is 4.79 Å². The van der Waals surface area contributed by atoms with Gasteiger partial charge in [-0.1, -0.05) is 17.8 Å². The molecule has 0 bridgehead atoms. The van der Waals surface area contributed by atoms with E-state index in [4.69, 9.17) is 0 Å². The van der Waals surface area contributed by atoms with Gasteiger partial charge in [0.2, 0.25) is 16.9 Å². The zero-order chi connectivity index (χ0) is 18.3. The Morgan fingerprint density at radius 2 is 2.24 bits per heavy atom. The molecule has 136 valence electrons. The first-order valence-corrected chi connectivity index (χ1v) is 8.09. The summed E-state index contributed by atoms with van der Waals surface area (Å²) in [5, 5.41) is 14.1. The first-order chi connectivity index (χ1) is 11.8. The van der Waals surface area contributed by atoms with Gasteiger partial charge >= 0.3 is 6.18 Å². The van der Waals surface area contributed by atoms with Crippen LogP contribution in [0.3, 0.4) is 0 Å². The molecule has 1 N–H and O–H groups in total. The number of hydrogen-bond acceptors (Lipinski definition) is 7. The molecule has 0 aliphatic carbocycles. The second kappa shape index (κ2) is 8.65. The number of carbonyl (C=O) groups excluding carboxylic acids is 1. The molecule has 25 heavy (non-hydrogen) atoms. The third kappa shape index (κ3) is 6.57. The van der Waals surface area contributed by atoms with E-state index in [2.05, 4.69) is 30.6 Å². The summed E-state index contributed by atoms with van der Waals surface area (Å²) >= 11 is 1.32. The molecule has 0 saturated carbocycles. The molecule has 2 heterocycles. The number of hydrogen-bond donors (Lipinski definition) is 1. The second-order valence-electron chi connectivity index (χ2n) is 4.83. The predicted molar refractivity (Wildman–Crippen MR) is 81.8 cm³/mol. The lowest BCUT2D eigenvalue weighted by atomic mass is 10.2. The number of nitrogens with one attached hydrogen (secondary N) is 1. The molecule has 0 saturated heterocycles. The number of ether oxygens (including phenoxy) is 1. The van der Waals surface area contributed by atoms with Crippen LogP contribution >= 0.6 is 11.8 Å². The van der Waals surface area contributed by atoms with Crippen LogP contribution in [0.1, 0.15) is 12.0 Å². The van der Waals surface area contributed by atoms with E-state index in [-0.39, 0.29) is 24.8 Å². The van der Waals surface area contributed by atoms with Crippen molar-refractivity contribution in [2.75, 3.05) is 12.4 Å². The molecule has 12 heteroatoms. The lowest BCUT2D eigenvalue weighted by molar-refractivity contribution is -0.154. The Kier molecular flexibility index (Phi) is 6.56. The fraction of sp³-hybridized carbons (Fsp3) is 0.462. The van der Waals surface area contributed by atoms with Crippen LogP contribution in [0.15, 0.2) is 23.5 Å². The molecular formula is C13H15F3N6O2S. The molecule has 0 aliphatic heterocycles. The average Bonchev–Trinajstić information content (AvgIpc) is 2.96. The maximum atomic E-state index is 12.2. The van der Waals surface area contributed by atoms with Crippen LogP contribution in [-0.4, -0.2) is 49.6 Å². The maximum Gasteiger partial charge on any atom is 0.422 e. The smallest absolute Gasteiger partial charge is 0.422 e. The van der Waals surface area contributed by atoms with Crippen molar-refractivity contribution in [2.45, 2.75) is 24.3 Å². The van der Waals surface area contributed by atoms with Crippen molar-refractivity contribution >= 4 is 17.7 Å². The number of aromatic nitrogens is 5. The summed E-state index contributed by atoms with van der Waals surface area (Å²) in [7, 11) is 1.69. The van der Waals surface area contributed by atoms with Crippen LogP contribution < -0.4 is 10.1 Å². The number of pyridine rings is 1. The number of aryl methyl sites for hydroxylation is 1. The summed E-state index contributed by atoms with van der Waals surface area (Å²) in [6.45, 7) is -1.41. The van der Waals surface area contributed by atoms with Crippen LogP contribution in [0.2, 0.25) is 0 Å². The third-order valence-corrected chi connectivity index (χ3v) is 3.85. The number of rotatable bonds is 8. The summed E-state index contributed by atoms with van der Waals surface area (Å²) in [4.78, 5) is 15.6. The molecule has 0 aromatic carbocycles. The molecule has 0 spiro atoms. The highest BCUT2D eigenvalue weighted by atomic mass is 32.2. The fourth-order valence-corrected chi connectivity index (χ4v) is 2.49. The number of amides is 1. The van der Waals surface area contributed by atoms with Gasteiger partial charge in [-0.15, -0.1) is 5.10 Å². The number of thioether (sulfide) groups is 1. The Balaban J connectivity index is 1.78. The summed E-state index contributed by atoms with van der Waals surface area (Å²) in [5.41, 5.74) is 0.366. The van der Waals surface area contributed by atoms with Crippen LogP contribution in [0.25, 0.3) is 0 Å². The molecule has 0 atom stereocenters. The van der Waals surface area contributed by atoms with Gasteiger partial charge in [0.15, 0.2) is 6.61 Å². The minimum absolute atomic E-state index is 0.0239. The largest absolute Gasteiger partial charge is 0.468 e. The summed E-state index contributed by atoms with van der Waals surface area (Å²) < 4.78 is 42.8. The van der Waals surface area contributed by atoms with Crippen molar-refractivity contribution in [3.63, 3.8) is 0 Å². The predicted octanol–water partition coefficient (Wildman–Crippen LogP) is 1.34. The topological polar surface area (TPSA) is 94.8 Å². The Morgan fingerprint density at radius 3 is 2.92 bits per heavy atom. The van der Waals surface area contributed by atoms with E-state index in [0.29, 0.717) is 16.5 Å². The summed E-state index contributed by atoms with van der Waals surface area (Å²) in [6.07, 6.45) is -2.93. The highest BCUT2D eigenvalue weighted by Gasteiger charge is 2.29. The lowest BCUT2D eigenvalue weighted by Crippen LogP contribution is -2.24. The quantitative estimate of drug-likeness (QED) is 0.695. The lowest BCUT2D eigenvalue weighted by Gasteiger charge is -2.12. The maximum absolute atomic E-state index is 12.2. The Bertz CT molecular complexity index is 709. The van der Waals surface area contributed by atoms with E-state index >= 15 is 0 Å². The normalized spacial score (nSPS) is 11.4. The molecule has 2 aromatic rings. The van der Waals surface area contributed by atoms with E-state index < -0.39 is 12.8 Å². The number of nitrogens with zero attached hydrogens (tertiary/aromatic N) is 5. The van der Waals surface area contributed by atoms with Crippen molar-refractivity contribution < 1.29 is 22.7 Å². The second-order valence-corrected chi connectivity index (χ2v) is 5.89. The van der Waals surface area contributed by atoms with Crippen molar-refractivity contribution in [1.29, 1.82) is 0 Å². The fourth-order valence-electron chi connectivity index (χ4n) is 1.70. The molecule has 1 amide bonds. The Morgan fingerprint density at radius 1 is 1.44 bits per heavy atom. The van der Waals surface area contributed by atoms with E-state index in [1.807, 2.05) is 0 Å². The van der Waals surface area contributed by atoms with Gasteiger partial charge in [0.25, 0.3) is 0 Å². The average molecular weight is 376 g/mol. The summed E-state index contributed by atoms with van der Waals surface area (Å²) in [5.74, 6) is 0.0535. The molecule has 2 aromatic heterocycles. The van der Waals surface area contributed by atoms with Crippen molar-refractivity contribution in [3.8, 4) is 5.88 Å². The Hall–Kier alpha value is -2.37. The first-order valence-electron chi connectivity index (χ1n) is 7.10. The molecule has 0 aliphatic rings. The summed E-state index contributed by atoms with van der Waals surface area (Å²) in [6, 6.07) is 3.10. The van der Waals surface area contributed by atoms with Crippen LogP contribution in [0, 0.1) is 0 Å². The molecule has 8 nitrogen and oxygen atoms in total. The van der Waals surface area contributed by atoms with Crippen molar-refractivity contribution in [2.24, 2.45) is 7.05 Å². The standard InChI is InChI=1S/C13H15F3N6O2S/c1-22-12(19-20-21-22)25-6-4-10(23)18-7-9-3-2-5-17-11(9)24-8-13(14,15)16/h2-3,5H,4,6-8H2,1H3,(H,18,23). The molecule has 0 unspecified atom stereocenters. The van der Waals surface area contributed by atoms with Gasteiger partial charge in [0.1, 0.15) is 0 Å². The number of alkyl halides is 3. The van der Waals surface area contributed by atoms with Gasteiger partial charge in [-0.25, -0.2) is 9.67 Å². The Labute approximate surface area is 145 Å². The SMILES string of the molecule is Cn1nnnc1SCCC(=O)NCc1cccnc1OCC(F)(F)F.